The van der Waals surface area contributed by atoms with Crippen LogP contribution in [-0.4, -0.2) is 22.8 Å². The maximum atomic E-state index is 12.9. The Balaban J connectivity index is 3.21. The second kappa shape index (κ2) is 4.15. The van der Waals surface area contributed by atoms with Gasteiger partial charge in [-0.3, -0.25) is 0 Å². The fourth-order valence-corrected chi connectivity index (χ4v) is 1.07. The molecule has 0 saturated carbocycles. The summed E-state index contributed by atoms with van der Waals surface area (Å²) in [6.45, 7) is -0.246. The minimum atomic E-state index is -1.53. The maximum Gasteiger partial charge on any atom is 0.338 e. The van der Waals surface area contributed by atoms with Crippen LogP contribution >= 0.6 is 0 Å². The van der Waals surface area contributed by atoms with Crippen LogP contribution in [0, 0.1) is 11.6 Å². The van der Waals surface area contributed by atoms with Crippen LogP contribution in [0.25, 0.3) is 0 Å². The topological polar surface area (TPSA) is 57.5 Å². The van der Waals surface area contributed by atoms with Crippen molar-refractivity contribution in [3.63, 3.8) is 0 Å². The summed E-state index contributed by atoms with van der Waals surface area (Å²) in [5.74, 6) is -4.12. The highest BCUT2D eigenvalue weighted by molar-refractivity contribution is 5.88. The molecule has 0 unspecified atom stereocenters. The predicted molar refractivity (Wildman–Crippen MR) is 44.1 cm³/mol. The van der Waals surface area contributed by atoms with Crippen LogP contribution in [0.4, 0.5) is 8.78 Å². The summed E-state index contributed by atoms with van der Waals surface area (Å²) in [4.78, 5) is 10.5. The monoisotopic (exact) mass is 202 g/mol. The van der Waals surface area contributed by atoms with Gasteiger partial charge in [0.25, 0.3) is 0 Å². The number of rotatable bonds is 3. The van der Waals surface area contributed by atoms with Gasteiger partial charge in [0.05, 0.1) is 5.56 Å². The molecule has 0 saturated heterocycles. The number of carboxylic acids is 1. The van der Waals surface area contributed by atoms with Crippen LogP contribution in [0.3, 0.4) is 0 Å². The van der Waals surface area contributed by atoms with E-state index < -0.39 is 23.2 Å². The summed E-state index contributed by atoms with van der Waals surface area (Å²) in [6, 6.07) is 1.88. The van der Waals surface area contributed by atoms with E-state index in [9.17, 15) is 13.6 Å². The molecule has 14 heavy (non-hydrogen) atoms. The SMILES string of the molecule is O=C(O)c1cc(CCO)cc(F)c1F. The van der Waals surface area contributed by atoms with Crippen LogP contribution in [0.5, 0.6) is 0 Å². The zero-order valence-electron chi connectivity index (χ0n) is 7.13. The van der Waals surface area contributed by atoms with Gasteiger partial charge in [0.1, 0.15) is 0 Å². The van der Waals surface area contributed by atoms with Gasteiger partial charge in [0.2, 0.25) is 0 Å². The molecule has 0 heterocycles. The summed E-state index contributed by atoms with van der Waals surface area (Å²) < 4.78 is 25.7. The number of hydrogen-bond donors (Lipinski definition) is 2. The standard InChI is InChI=1S/C9H8F2O3/c10-7-4-5(1-2-12)3-6(8(7)11)9(13)14/h3-4,12H,1-2H2,(H,13,14). The summed E-state index contributed by atoms with van der Waals surface area (Å²) in [7, 11) is 0. The first-order chi connectivity index (χ1) is 6.56. The molecule has 0 fully saturated rings. The van der Waals surface area contributed by atoms with Gasteiger partial charge in [-0.05, 0) is 24.1 Å². The van der Waals surface area contributed by atoms with E-state index in [1.807, 2.05) is 0 Å². The van der Waals surface area contributed by atoms with Crippen LogP contribution < -0.4 is 0 Å². The first kappa shape index (κ1) is 10.6. The summed E-state index contributed by atoms with van der Waals surface area (Å²) in [5, 5.41) is 17.1. The predicted octanol–water partition coefficient (Wildman–Crippen LogP) is 1.20. The summed E-state index contributed by atoms with van der Waals surface area (Å²) in [5.41, 5.74) is -0.461. The van der Waals surface area contributed by atoms with Crippen molar-refractivity contribution < 1.29 is 23.8 Å². The molecule has 1 aromatic carbocycles. The first-order valence-corrected chi connectivity index (χ1v) is 3.88. The van der Waals surface area contributed by atoms with Crippen molar-refractivity contribution in [2.75, 3.05) is 6.61 Å². The third kappa shape index (κ3) is 2.05. The highest BCUT2D eigenvalue weighted by Crippen LogP contribution is 2.15. The van der Waals surface area contributed by atoms with E-state index in [-0.39, 0.29) is 18.6 Å². The van der Waals surface area contributed by atoms with Crippen LogP contribution in [0.2, 0.25) is 0 Å². The van der Waals surface area contributed by atoms with Gasteiger partial charge in [0.15, 0.2) is 11.6 Å². The number of benzene rings is 1. The molecule has 2 N–H and O–H groups in total. The molecule has 1 rings (SSSR count). The summed E-state index contributed by atoms with van der Waals surface area (Å²) >= 11 is 0. The molecule has 0 amide bonds. The lowest BCUT2D eigenvalue weighted by Crippen LogP contribution is -2.05. The molecule has 0 aliphatic carbocycles. The lowest BCUT2D eigenvalue weighted by molar-refractivity contribution is 0.0690. The zero-order chi connectivity index (χ0) is 10.7. The van der Waals surface area contributed by atoms with E-state index in [1.54, 1.807) is 0 Å². The largest absolute Gasteiger partial charge is 0.478 e. The van der Waals surface area contributed by atoms with Crippen molar-refractivity contribution in [2.45, 2.75) is 6.42 Å². The molecule has 0 atom stereocenters. The second-order valence-corrected chi connectivity index (χ2v) is 2.72. The Bertz CT molecular complexity index is 363. The molecule has 3 nitrogen and oxygen atoms in total. The Morgan fingerprint density at radius 1 is 1.36 bits per heavy atom. The molecule has 0 bridgehead atoms. The van der Waals surface area contributed by atoms with Crippen molar-refractivity contribution in [1.29, 1.82) is 0 Å². The Morgan fingerprint density at radius 2 is 2.00 bits per heavy atom. The Morgan fingerprint density at radius 3 is 2.50 bits per heavy atom. The van der Waals surface area contributed by atoms with Gasteiger partial charge < -0.3 is 10.2 Å². The van der Waals surface area contributed by atoms with Crippen LogP contribution in [0.1, 0.15) is 15.9 Å². The molecule has 0 aromatic heterocycles. The van der Waals surface area contributed by atoms with E-state index in [1.165, 1.54) is 0 Å². The lowest BCUT2D eigenvalue weighted by atomic mass is 10.1. The van der Waals surface area contributed by atoms with Crippen molar-refractivity contribution >= 4 is 5.97 Å². The average molecular weight is 202 g/mol. The summed E-state index contributed by atoms with van der Waals surface area (Å²) in [6.07, 6.45) is 0.0947. The number of aliphatic hydroxyl groups excluding tert-OH is 1. The number of aromatic carboxylic acids is 1. The Hall–Kier alpha value is -1.49. The van der Waals surface area contributed by atoms with Crippen LogP contribution in [0.15, 0.2) is 12.1 Å². The van der Waals surface area contributed by atoms with Gasteiger partial charge in [-0.15, -0.1) is 0 Å². The Kier molecular flexibility index (Phi) is 3.14. The molecule has 1 aromatic rings. The maximum absolute atomic E-state index is 12.9. The van der Waals surface area contributed by atoms with E-state index >= 15 is 0 Å². The highest BCUT2D eigenvalue weighted by atomic mass is 19.2. The zero-order valence-corrected chi connectivity index (χ0v) is 7.13. The van der Waals surface area contributed by atoms with Gasteiger partial charge in [-0.2, -0.15) is 0 Å². The number of halogens is 2. The fraction of sp³-hybridized carbons (Fsp3) is 0.222. The third-order valence-electron chi connectivity index (χ3n) is 1.72. The van der Waals surface area contributed by atoms with Crippen molar-refractivity contribution in [1.82, 2.24) is 0 Å². The minimum absolute atomic E-state index is 0.0947. The molecule has 0 spiro atoms. The first-order valence-electron chi connectivity index (χ1n) is 3.88. The molecular weight excluding hydrogens is 194 g/mol. The number of hydrogen-bond acceptors (Lipinski definition) is 2. The van der Waals surface area contributed by atoms with Crippen molar-refractivity contribution in [2.24, 2.45) is 0 Å². The van der Waals surface area contributed by atoms with E-state index in [0.717, 1.165) is 12.1 Å². The van der Waals surface area contributed by atoms with E-state index in [2.05, 4.69) is 0 Å². The second-order valence-electron chi connectivity index (χ2n) is 2.72. The Labute approximate surface area is 78.6 Å². The van der Waals surface area contributed by atoms with E-state index in [0.29, 0.717) is 0 Å². The average Bonchev–Trinajstić information content (AvgIpc) is 2.11. The molecule has 0 aliphatic rings. The number of aliphatic hydroxyl groups is 1. The highest BCUT2D eigenvalue weighted by Gasteiger charge is 2.15. The minimum Gasteiger partial charge on any atom is -0.478 e. The van der Waals surface area contributed by atoms with Gasteiger partial charge in [-0.1, -0.05) is 0 Å². The molecule has 5 heteroatoms. The van der Waals surface area contributed by atoms with Gasteiger partial charge in [0, 0.05) is 6.61 Å². The lowest BCUT2D eigenvalue weighted by Gasteiger charge is -2.03. The fourth-order valence-electron chi connectivity index (χ4n) is 1.07. The third-order valence-corrected chi connectivity index (χ3v) is 1.72. The van der Waals surface area contributed by atoms with Crippen molar-refractivity contribution in [3.8, 4) is 0 Å². The van der Waals surface area contributed by atoms with Gasteiger partial charge in [-0.25, -0.2) is 13.6 Å². The molecule has 0 aliphatic heterocycles. The molecule has 76 valence electrons. The van der Waals surface area contributed by atoms with Crippen LogP contribution in [-0.2, 0) is 6.42 Å². The van der Waals surface area contributed by atoms with E-state index in [4.69, 9.17) is 10.2 Å². The smallest absolute Gasteiger partial charge is 0.338 e. The quantitative estimate of drug-likeness (QED) is 0.774. The number of carboxylic acid groups (broad SMARTS) is 1. The molecular formula is C9H8F2O3. The number of carbonyl (C=O) groups is 1. The molecule has 0 radical (unpaired) electrons. The van der Waals surface area contributed by atoms with Gasteiger partial charge >= 0.3 is 5.97 Å². The normalized spacial score (nSPS) is 10.2. The van der Waals surface area contributed by atoms with Crippen molar-refractivity contribution in [3.05, 3.63) is 34.9 Å².